The van der Waals surface area contributed by atoms with E-state index < -0.39 is 0 Å². The largest absolute Gasteiger partial charge is 0.314 e. The van der Waals surface area contributed by atoms with Crippen LogP contribution in [0.1, 0.15) is 43.0 Å². The van der Waals surface area contributed by atoms with Crippen molar-refractivity contribution in [2.24, 2.45) is 5.92 Å². The molecule has 1 N–H and O–H groups in total. The van der Waals surface area contributed by atoms with E-state index in [9.17, 15) is 0 Å². The van der Waals surface area contributed by atoms with Gasteiger partial charge in [-0.1, -0.05) is 6.92 Å². The van der Waals surface area contributed by atoms with Gasteiger partial charge in [-0.15, -0.1) is 11.3 Å². The first-order chi connectivity index (χ1) is 7.81. The van der Waals surface area contributed by atoms with Gasteiger partial charge in [-0.2, -0.15) is 0 Å². The smallest absolute Gasteiger partial charge is 0.00987 e. The molecule has 0 radical (unpaired) electrons. The molecule has 1 saturated carbocycles. The van der Waals surface area contributed by atoms with Gasteiger partial charge in [-0.25, -0.2) is 0 Å². The number of aryl methyl sites for hydroxylation is 2. The van der Waals surface area contributed by atoms with Crippen molar-refractivity contribution in [2.75, 3.05) is 6.54 Å². The SMILES string of the molecule is CCCNC(CCc1sccc1C)C1CC1. The molecule has 0 spiro atoms. The van der Waals surface area contributed by atoms with E-state index in [1.807, 2.05) is 11.3 Å². The van der Waals surface area contributed by atoms with Crippen LogP contribution in [0.4, 0.5) is 0 Å². The van der Waals surface area contributed by atoms with Crippen molar-refractivity contribution in [3.63, 3.8) is 0 Å². The van der Waals surface area contributed by atoms with Crippen molar-refractivity contribution in [1.82, 2.24) is 5.32 Å². The lowest BCUT2D eigenvalue weighted by molar-refractivity contribution is 0.436. The second-order valence-electron chi connectivity index (χ2n) is 4.96. The second-order valence-corrected chi connectivity index (χ2v) is 5.96. The van der Waals surface area contributed by atoms with Crippen molar-refractivity contribution in [3.8, 4) is 0 Å². The van der Waals surface area contributed by atoms with Crippen LogP contribution in [0.2, 0.25) is 0 Å². The average Bonchev–Trinajstić information content (AvgIpc) is 3.04. The van der Waals surface area contributed by atoms with E-state index in [4.69, 9.17) is 0 Å². The number of rotatable bonds is 7. The van der Waals surface area contributed by atoms with Crippen LogP contribution >= 0.6 is 11.3 Å². The molecule has 16 heavy (non-hydrogen) atoms. The monoisotopic (exact) mass is 237 g/mol. The normalized spacial score (nSPS) is 17.6. The molecule has 0 amide bonds. The Morgan fingerprint density at radius 1 is 1.50 bits per heavy atom. The molecule has 1 unspecified atom stereocenters. The zero-order valence-corrected chi connectivity index (χ0v) is 11.3. The molecule has 0 aromatic carbocycles. The predicted molar refractivity (Wildman–Crippen MR) is 72.2 cm³/mol. The van der Waals surface area contributed by atoms with Crippen LogP contribution in [-0.4, -0.2) is 12.6 Å². The highest BCUT2D eigenvalue weighted by molar-refractivity contribution is 7.10. The van der Waals surface area contributed by atoms with E-state index in [0.717, 1.165) is 12.0 Å². The molecule has 2 heteroatoms. The third-order valence-electron chi connectivity index (χ3n) is 3.50. The lowest BCUT2D eigenvalue weighted by atomic mass is 10.0. The van der Waals surface area contributed by atoms with Crippen LogP contribution in [0.25, 0.3) is 0 Å². The van der Waals surface area contributed by atoms with Gasteiger partial charge < -0.3 is 5.32 Å². The molecule has 1 aliphatic carbocycles. The maximum atomic E-state index is 3.72. The first-order valence-electron chi connectivity index (χ1n) is 6.57. The summed E-state index contributed by atoms with van der Waals surface area (Å²) in [6.07, 6.45) is 6.74. The molecule has 0 bridgehead atoms. The van der Waals surface area contributed by atoms with Crippen molar-refractivity contribution in [2.45, 2.75) is 52.0 Å². The van der Waals surface area contributed by atoms with E-state index in [2.05, 4.69) is 30.6 Å². The lowest BCUT2D eigenvalue weighted by Gasteiger charge is -2.17. The summed E-state index contributed by atoms with van der Waals surface area (Å²) in [6.45, 7) is 5.67. The van der Waals surface area contributed by atoms with Crippen LogP contribution < -0.4 is 5.32 Å². The van der Waals surface area contributed by atoms with Gasteiger partial charge in [0.05, 0.1) is 0 Å². The summed E-state index contributed by atoms with van der Waals surface area (Å²) in [7, 11) is 0. The van der Waals surface area contributed by atoms with Crippen LogP contribution in [0.15, 0.2) is 11.4 Å². The average molecular weight is 237 g/mol. The van der Waals surface area contributed by atoms with Gasteiger partial charge >= 0.3 is 0 Å². The predicted octanol–water partition coefficient (Wildman–Crippen LogP) is 3.77. The maximum Gasteiger partial charge on any atom is 0.00987 e. The third-order valence-corrected chi connectivity index (χ3v) is 4.58. The first-order valence-corrected chi connectivity index (χ1v) is 7.45. The Balaban J connectivity index is 1.79. The Morgan fingerprint density at radius 2 is 2.31 bits per heavy atom. The Morgan fingerprint density at radius 3 is 2.88 bits per heavy atom. The summed E-state index contributed by atoms with van der Waals surface area (Å²) in [5.41, 5.74) is 1.48. The highest BCUT2D eigenvalue weighted by Gasteiger charge is 2.30. The van der Waals surface area contributed by atoms with Crippen molar-refractivity contribution < 1.29 is 0 Å². The van der Waals surface area contributed by atoms with Crippen LogP contribution in [0.3, 0.4) is 0 Å². The summed E-state index contributed by atoms with van der Waals surface area (Å²) in [5, 5.41) is 5.94. The van der Waals surface area contributed by atoms with Crippen molar-refractivity contribution in [3.05, 3.63) is 21.9 Å². The first kappa shape index (κ1) is 12.1. The highest BCUT2D eigenvalue weighted by Crippen LogP contribution is 2.35. The van der Waals surface area contributed by atoms with Gasteiger partial charge in [0.25, 0.3) is 0 Å². The Bertz CT molecular complexity index is 314. The molecule has 0 aliphatic heterocycles. The topological polar surface area (TPSA) is 12.0 Å². The Hall–Kier alpha value is -0.340. The maximum absolute atomic E-state index is 3.72. The number of nitrogens with one attached hydrogen (secondary N) is 1. The van der Waals surface area contributed by atoms with Gasteiger partial charge in [0.1, 0.15) is 0 Å². The molecule has 1 fully saturated rings. The third kappa shape index (κ3) is 3.33. The van der Waals surface area contributed by atoms with Gasteiger partial charge in [-0.05, 0) is 68.5 Å². The standard InChI is InChI=1S/C14H23NS/c1-3-9-15-13(12-4-5-12)6-7-14-11(2)8-10-16-14/h8,10,12-13,15H,3-7,9H2,1-2H3. The summed E-state index contributed by atoms with van der Waals surface area (Å²) in [4.78, 5) is 1.59. The zero-order valence-electron chi connectivity index (χ0n) is 10.5. The summed E-state index contributed by atoms with van der Waals surface area (Å²) in [5.74, 6) is 0.979. The van der Waals surface area contributed by atoms with Crippen LogP contribution in [0, 0.1) is 12.8 Å². The highest BCUT2D eigenvalue weighted by atomic mass is 32.1. The summed E-state index contributed by atoms with van der Waals surface area (Å²) >= 11 is 1.92. The molecule has 1 atom stereocenters. The van der Waals surface area contributed by atoms with E-state index in [0.29, 0.717) is 0 Å². The fourth-order valence-electron chi connectivity index (χ4n) is 2.28. The molecule has 1 aromatic rings. The number of hydrogen-bond acceptors (Lipinski definition) is 2. The van der Waals surface area contributed by atoms with Crippen LogP contribution in [-0.2, 0) is 6.42 Å². The van der Waals surface area contributed by atoms with Gasteiger partial charge in [0.15, 0.2) is 0 Å². The van der Waals surface area contributed by atoms with Gasteiger partial charge in [0.2, 0.25) is 0 Å². The molecule has 90 valence electrons. The van der Waals surface area contributed by atoms with E-state index >= 15 is 0 Å². The van der Waals surface area contributed by atoms with Gasteiger partial charge in [-0.3, -0.25) is 0 Å². The fraction of sp³-hybridized carbons (Fsp3) is 0.714. The zero-order chi connectivity index (χ0) is 11.4. The van der Waals surface area contributed by atoms with E-state index in [1.54, 1.807) is 4.88 Å². The van der Waals surface area contributed by atoms with Crippen LogP contribution in [0.5, 0.6) is 0 Å². The van der Waals surface area contributed by atoms with Crippen molar-refractivity contribution in [1.29, 1.82) is 0 Å². The lowest BCUT2D eigenvalue weighted by Crippen LogP contribution is -2.32. The van der Waals surface area contributed by atoms with Crippen molar-refractivity contribution >= 4 is 11.3 Å². The molecule has 1 aromatic heterocycles. The quantitative estimate of drug-likeness (QED) is 0.761. The van der Waals surface area contributed by atoms with Gasteiger partial charge in [0, 0.05) is 10.9 Å². The minimum Gasteiger partial charge on any atom is -0.314 e. The Kier molecular flexibility index (Phi) is 4.42. The van der Waals surface area contributed by atoms with E-state index in [1.165, 1.54) is 44.2 Å². The number of thiophene rings is 1. The Labute approximate surface area is 103 Å². The van der Waals surface area contributed by atoms with E-state index in [-0.39, 0.29) is 0 Å². The molecular formula is C14H23NS. The number of hydrogen-bond donors (Lipinski definition) is 1. The minimum absolute atomic E-state index is 0.779. The molecule has 1 heterocycles. The molecule has 1 aliphatic rings. The minimum atomic E-state index is 0.779. The summed E-state index contributed by atoms with van der Waals surface area (Å²) < 4.78 is 0. The molecule has 0 saturated heterocycles. The molecule has 1 nitrogen and oxygen atoms in total. The molecular weight excluding hydrogens is 214 g/mol. The summed E-state index contributed by atoms with van der Waals surface area (Å²) in [6, 6.07) is 3.02. The molecule has 2 rings (SSSR count). The second kappa shape index (κ2) is 5.83. The fourth-order valence-corrected chi connectivity index (χ4v) is 3.21.